The molecule has 1 aromatic rings. The zero-order valence-electron chi connectivity index (χ0n) is 9.12. The Balaban J connectivity index is 2.84. The number of fused-ring (bicyclic) bond motifs is 1. The van der Waals surface area contributed by atoms with Crippen LogP contribution in [0.3, 0.4) is 0 Å². The van der Waals surface area contributed by atoms with Gasteiger partial charge in [-0.2, -0.15) is 0 Å². The van der Waals surface area contributed by atoms with Crippen molar-refractivity contribution >= 4 is 5.91 Å². The maximum Gasteiger partial charge on any atom is 0.252 e. The summed E-state index contributed by atoms with van der Waals surface area (Å²) in [4.78, 5) is 11.6. The van der Waals surface area contributed by atoms with Crippen LogP contribution in [-0.4, -0.2) is 5.91 Å². The summed E-state index contributed by atoms with van der Waals surface area (Å²) in [6.45, 7) is 9.04. The van der Waals surface area contributed by atoms with Crippen molar-refractivity contribution in [2.45, 2.75) is 34.2 Å². The van der Waals surface area contributed by atoms with E-state index in [0.29, 0.717) is 6.54 Å². The van der Waals surface area contributed by atoms with Gasteiger partial charge in [0.15, 0.2) is 0 Å². The van der Waals surface area contributed by atoms with Crippen molar-refractivity contribution in [3.63, 3.8) is 0 Å². The molecule has 1 aliphatic heterocycles. The number of hydrogen-bond donors (Lipinski definition) is 1. The molecule has 1 aromatic carbocycles. The molecule has 0 fully saturated rings. The van der Waals surface area contributed by atoms with Crippen LogP contribution in [0.5, 0.6) is 0 Å². The van der Waals surface area contributed by atoms with E-state index in [-0.39, 0.29) is 5.91 Å². The van der Waals surface area contributed by atoms with Crippen molar-refractivity contribution in [2.24, 2.45) is 0 Å². The minimum absolute atomic E-state index is 0.0868. The number of hydrogen-bond acceptors (Lipinski definition) is 1. The van der Waals surface area contributed by atoms with E-state index in [2.05, 4.69) is 26.1 Å². The molecule has 1 amide bonds. The molecule has 0 aliphatic carbocycles. The van der Waals surface area contributed by atoms with Crippen LogP contribution >= 0.6 is 0 Å². The first-order valence-corrected chi connectivity index (χ1v) is 4.91. The average molecular weight is 189 g/mol. The zero-order chi connectivity index (χ0) is 10.5. The number of carbonyl (C=O) groups excluding carboxylic acids is 1. The highest BCUT2D eigenvalue weighted by Gasteiger charge is 2.25. The Hall–Kier alpha value is -1.31. The first-order valence-electron chi connectivity index (χ1n) is 4.91. The van der Waals surface area contributed by atoms with E-state index in [9.17, 15) is 4.79 Å². The molecular weight excluding hydrogens is 174 g/mol. The molecule has 0 atom stereocenters. The van der Waals surface area contributed by atoms with Crippen molar-refractivity contribution in [1.29, 1.82) is 0 Å². The van der Waals surface area contributed by atoms with Crippen molar-refractivity contribution < 1.29 is 4.79 Å². The van der Waals surface area contributed by atoms with Gasteiger partial charge in [0, 0.05) is 12.1 Å². The van der Waals surface area contributed by atoms with Gasteiger partial charge in [-0.15, -0.1) is 0 Å². The molecule has 0 bridgehead atoms. The average Bonchev–Trinajstić information content (AvgIpc) is 2.54. The molecule has 0 spiro atoms. The van der Waals surface area contributed by atoms with Crippen LogP contribution in [0.4, 0.5) is 0 Å². The molecule has 1 heterocycles. The molecule has 0 saturated carbocycles. The number of carbonyl (C=O) groups is 1. The van der Waals surface area contributed by atoms with E-state index < -0.39 is 0 Å². The van der Waals surface area contributed by atoms with Crippen LogP contribution in [0.1, 0.15) is 38.2 Å². The Morgan fingerprint density at radius 2 is 1.50 bits per heavy atom. The third-order valence-corrected chi connectivity index (χ3v) is 3.47. The van der Waals surface area contributed by atoms with Gasteiger partial charge in [0.25, 0.3) is 5.91 Å². The van der Waals surface area contributed by atoms with Gasteiger partial charge in [-0.05, 0) is 55.5 Å². The van der Waals surface area contributed by atoms with E-state index in [1.54, 1.807) is 0 Å². The van der Waals surface area contributed by atoms with Gasteiger partial charge < -0.3 is 5.32 Å². The summed E-state index contributed by atoms with van der Waals surface area (Å²) < 4.78 is 0. The van der Waals surface area contributed by atoms with E-state index in [4.69, 9.17) is 0 Å². The molecule has 0 aromatic heterocycles. The minimum Gasteiger partial charge on any atom is -0.348 e. The molecule has 14 heavy (non-hydrogen) atoms. The highest BCUT2D eigenvalue weighted by atomic mass is 16.1. The van der Waals surface area contributed by atoms with Crippen LogP contribution in [0.15, 0.2) is 0 Å². The van der Waals surface area contributed by atoms with Crippen molar-refractivity contribution in [2.75, 3.05) is 0 Å². The molecule has 1 aliphatic rings. The zero-order valence-corrected chi connectivity index (χ0v) is 9.12. The first-order chi connectivity index (χ1) is 6.54. The molecule has 2 rings (SSSR count). The van der Waals surface area contributed by atoms with Crippen LogP contribution in [0.2, 0.25) is 0 Å². The fourth-order valence-corrected chi connectivity index (χ4v) is 2.18. The smallest absolute Gasteiger partial charge is 0.252 e. The lowest BCUT2D eigenvalue weighted by atomic mass is 9.90. The first kappa shape index (κ1) is 9.25. The maximum atomic E-state index is 11.6. The van der Waals surface area contributed by atoms with Gasteiger partial charge >= 0.3 is 0 Å². The minimum atomic E-state index is 0.0868. The third-order valence-electron chi connectivity index (χ3n) is 3.47. The fourth-order valence-electron chi connectivity index (χ4n) is 2.18. The Kier molecular flexibility index (Phi) is 1.88. The summed E-state index contributed by atoms with van der Waals surface area (Å²) in [5.74, 6) is 0.0868. The number of nitrogens with one attached hydrogen (secondary N) is 1. The molecule has 0 saturated heterocycles. The van der Waals surface area contributed by atoms with Gasteiger partial charge in [-0.1, -0.05) is 0 Å². The lowest BCUT2D eigenvalue weighted by molar-refractivity contribution is 0.0965. The Bertz CT molecular complexity index is 433. The monoisotopic (exact) mass is 189 g/mol. The van der Waals surface area contributed by atoms with Crippen LogP contribution < -0.4 is 5.32 Å². The largest absolute Gasteiger partial charge is 0.348 e. The Morgan fingerprint density at radius 1 is 0.929 bits per heavy atom. The molecule has 2 heteroatoms. The quantitative estimate of drug-likeness (QED) is 0.665. The topological polar surface area (TPSA) is 29.1 Å². The number of rotatable bonds is 0. The van der Waals surface area contributed by atoms with Crippen LogP contribution in [-0.2, 0) is 6.54 Å². The van der Waals surface area contributed by atoms with Gasteiger partial charge in [0.05, 0.1) is 0 Å². The van der Waals surface area contributed by atoms with E-state index >= 15 is 0 Å². The van der Waals surface area contributed by atoms with Crippen molar-refractivity contribution in [1.82, 2.24) is 5.32 Å². The molecule has 0 radical (unpaired) electrons. The summed E-state index contributed by atoms with van der Waals surface area (Å²) in [5, 5.41) is 2.88. The fraction of sp³-hybridized carbons (Fsp3) is 0.417. The summed E-state index contributed by atoms with van der Waals surface area (Å²) in [6, 6.07) is 0. The second-order valence-electron chi connectivity index (χ2n) is 4.04. The van der Waals surface area contributed by atoms with E-state index in [0.717, 1.165) is 11.1 Å². The molecule has 0 unspecified atom stereocenters. The Labute approximate surface area is 84.3 Å². The maximum absolute atomic E-state index is 11.6. The van der Waals surface area contributed by atoms with Gasteiger partial charge in [-0.3, -0.25) is 4.79 Å². The summed E-state index contributed by atoms with van der Waals surface area (Å²) in [7, 11) is 0. The summed E-state index contributed by atoms with van der Waals surface area (Å²) in [5.41, 5.74) is 7.07. The highest BCUT2D eigenvalue weighted by Crippen LogP contribution is 2.29. The van der Waals surface area contributed by atoms with Crippen molar-refractivity contribution in [3.05, 3.63) is 33.4 Å². The highest BCUT2D eigenvalue weighted by molar-refractivity contribution is 6.00. The van der Waals surface area contributed by atoms with E-state index in [1.165, 1.54) is 22.3 Å². The van der Waals surface area contributed by atoms with E-state index in [1.807, 2.05) is 6.92 Å². The SMILES string of the molecule is Cc1c(C)c(C)c2c(c1C)CNC2=O. The lowest BCUT2D eigenvalue weighted by Crippen LogP contribution is -2.13. The summed E-state index contributed by atoms with van der Waals surface area (Å²) in [6.07, 6.45) is 0. The van der Waals surface area contributed by atoms with Crippen LogP contribution in [0, 0.1) is 27.7 Å². The standard InChI is InChI=1S/C12H15NO/c1-6-7(2)9(4)11-10(8(6)3)5-13-12(11)14/h5H2,1-4H3,(H,13,14). The normalized spacial score (nSPS) is 14.1. The predicted molar refractivity (Wildman–Crippen MR) is 56.6 cm³/mol. The third kappa shape index (κ3) is 0.999. The number of amides is 1. The van der Waals surface area contributed by atoms with Crippen LogP contribution in [0.25, 0.3) is 0 Å². The van der Waals surface area contributed by atoms with Gasteiger partial charge in [0.1, 0.15) is 0 Å². The number of benzene rings is 1. The molecular formula is C12H15NO. The summed E-state index contributed by atoms with van der Waals surface area (Å²) >= 11 is 0. The Morgan fingerprint density at radius 3 is 2.14 bits per heavy atom. The second kappa shape index (κ2) is 2.84. The second-order valence-corrected chi connectivity index (χ2v) is 4.04. The predicted octanol–water partition coefficient (Wildman–Crippen LogP) is 2.16. The molecule has 2 nitrogen and oxygen atoms in total. The van der Waals surface area contributed by atoms with Crippen molar-refractivity contribution in [3.8, 4) is 0 Å². The molecule has 74 valence electrons. The van der Waals surface area contributed by atoms with Gasteiger partial charge in [0.2, 0.25) is 0 Å². The molecule has 1 N–H and O–H groups in total. The lowest BCUT2D eigenvalue weighted by Gasteiger charge is -2.13. The van der Waals surface area contributed by atoms with Gasteiger partial charge in [-0.25, -0.2) is 0 Å².